The standard InChI is InChI=1S/C15H17N3O5S/c1-17-12-7-6-11(14(19)20)10-13(12)24(22,23)18(15(17)21)9-5-3-2-4-8-16/h6-7,10H,2-5,9H2,1H3,(H,19,20). The van der Waals surface area contributed by atoms with Gasteiger partial charge in [0.15, 0.2) is 0 Å². The third kappa shape index (κ3) is 3.19. The van der Waals surface area contributed by atoms with Crippen LogP contribution in [0.3, 0.4) is 0 Å². The molecule has 0 atom stereocenters. The number of rotatable bonds is 6. The topological polar surface area (TPSA) is 119 Å². The molecule has 1 aliphatic rings. The molecule has 0 saturated heterocycles. The van der Waals surface area contributed by atoms with Crippen molar-refractivity contribution in [3.8, 4) is 6.07 Å². The van der Waals surface area contributed by atoms with Crippen LogP contribution in [0.1, 0.15) is 36.0 Å². The van der Waals surface area contributed by atoms with Crippen molar-refractivity contribution in [3.05, 3.63) is 23.8 Å². The maximum absolute atomic E-state index is 12.7. The van der Waals surface area contributed by atoms with Gasteiger partial charge in [0, 0.05) is 20.0 Å². The summed E-state index contributed by atoms with van der Waals surface area (Å²) >= 11 is 0. The van der Waals surface area contributed by atoms with Gasteiger partial charge in [0.2, 0.25) is 0 Å². The molecule has 1 N–H and O–H groups in total. The molecule has 2 rings (SSSR count). The molecule has 0 unspecified atom stereocenters. The SMILES string of the molecule is CN1C(=O)N(CCCCCC#N)S(=O)(=O)c2cc(C(=O)O)ccc21. The van der Waals surface area contributed by atoms with Crippen molar-refractivity contribution in [1.29, 1.82) is 5.26 Å². The summed E-state index contributed by atoms with van der Waals surface area (Å²) in [5.41, 5.74) is -0.000209. The summed E-state index contributed by atoms with van der Waals surface area (Å²) in [6.07, 6.45) is 2.08. The zero-order valence-corrected chi connectivity index (χ0v) is 13.9. The quantitative estimate of drug-likeness (QED) is 0.783. The molecule has 1 aromatic carbocycles. The van der Waals surface area contributed by atoms with E-state index in [0.717, 1.165) is 10.4 Å². The van der Waals surface area contributed by atoms with Crippen LogP contribution in [0.4, 0.5) is 10.5 Å². The van der Waals surface area contributed by atoms with Crippen molar-refractivity contribution < 1.29 is 23.1 Å². The summed E-state index contributed by atoms with van der Waals surface area (Å²) in [6.45, 7) is -0.00628. The monoisotopic (exact) mass is 351 g/mol. The van der Waals surface area contributed by atoms with Crippen LogP contribution in [0.15, 0.2) is 23.1 Å². The molecule has 0 bridgehead atoms. The molecule has 1 heterocycles. The van der Waals surface area contributed by atoms with Gasteiger partial charge >= 0.3 is 12.0 Å². The van der Waals surface area contributed by atoms with E-state index in [1.54, 1.807) is 0 Å². The average Bonchev–Trinajstić information content (AvgIpc) is 2.55. The van der Waals surface area contributed by atoms with Crippen LogP contribution < -0.4 is 4.90 Å². The van der Waals surface area contributed by atoms with Crippen LogP contribution in [-0.4, -0.2) is 43.4 Å². The van der Waals surface area contributed by atoms with E-state index >= 15 is 0 Å². The predicted octanol–water partition coefficient (Wildman–Crippen LogP) is 2.03. The van der Waals surface area contributed by atoms with E-state index in [1.807, 2.05) is 6.07 Å². The first-order valence-corrected chi connectivity index (χ1v) is 8.79. The summed E-state index contributed by atoms with van der Waals surface area (Å²) in [4.78, 5) is 24.4. The molecule has 24 heavy (non-hydrogen) atoms. The second-order valence-corrected chi connectivity index (χ2v) is 7.21. The Balaban J connectivity index is 2.33. The molecule has 0 spiro atoms. The van der Waals surface area contributed by atoms with E-state index < -0.39 is 22.0 Å². The Labute approximate surface area is 140 Å². The highest BCUT2D eigenvalue weighted by atomic mass is 32.2. The fraction of sp³-hybridized carbons (Fsp3) is 0.400. The van der Waals surface area contributed by atoms with Gasteiger partial charge in [-0.3, -0.25) is 4.90 Å². The van der Waals surface area contributed by atoms with Crippen molar-refractivity contribution in [2.75, 3.05) is 18.5 Å². The minimum Gasteiger partial charge on any atom is -0.478 e. The van der Waals surface area contributed by atoms with Crippen LogP contribution in [0.2, 0.25) is 0 Å². The molecular weight excluding hydrogens is 334 g/mol. The van der Waals surface area contributed by atoms with Crippen LogP contribution in [0.5, 0.6) is 0 Å². The van der Waals surface area contributed by atoms with Gasteiger partial charge < -0.3 is 5.11 Å². The van der Waals surface area contributed by atoms with Gasteiger partial charge in [0.05, 0.1) is 17.3 Å². The Morgan fingerprint density at radius 1 is 1.29 bits per heavy atom. The number of carboxylic acids is 1. The van der Waals surface area contributed by atoms with E-state index in [-0.39, 0.29) is 22.7 Å². The highest BCUT2D eigenvalue weighted by Gasteiger charge is 2.39. The van der Waals surface area contributed by atoms with Gasteiger partial charge in [-0.1, -0.05) is 6.42 Å². The first kappa shape index (κ1) is 17.7. The number of amides is 2. The smallest absolute Gasteiger partial charge is 0.338 e. The van der Waals surface area contributed by atoms with Crippen molar-refractivity contribution >= 4 is 27.7 Å². The molecule has 1 aromatic rings. The first-order chi connectivity index (χ1) is 11.3. The highest BCUT2D eigenvalue weighted by molar-refractivity contribution is 7.90. The van der Waals surface area contributed by atoms with Gasteiger partial charge in [-0.05, 0) is 31.0 Å². The van der Waals surface area contributed by atoms with Crippen molar-refractivity contribution in [3.63, 3.8) is 0 Å². The summed E-state index contributed by atoms with van der Waals surface area (Å²) in [7, 11) is -2.66. The molecule has 0 saturated carbocycles. The molecule has 0 aliphatic carbocycles. The molecule has 8 nitrogen and oxygen atoms in total. The predicted molar refractivity (Wildman–Crippen MR) is 85.2 cm³/mol. The number of carbonyl (C=O) groups excluding carboxylic acids is 1. The Kier molecular flexibility index (Phi) is 5.09. The first-order valence-electron chi connectivity index (χ1n) is 7.35. The van der Waals surface area contributed by atoms with Crippen LogP contribution in [-0.2, 0) is 10.0 Å². The van der Waals surface area contributed by atoms with Gasteiger partial charge in [0.25, 0.3) is 10.0 Å². The van der Waals surface area contributed by atoms with Gasteiger partial charge in [0.1, 0.15) is 4.90 Å². The van der Waals surface area contributed by atoms with Crippen LogP contribution >= 0.6 is 0 Å². The molecule has 0 aromatic heterocycles. The summed E-state index contributed by atoms with van der Waals surface area (Å²) in [6, 6.07) is 4.98. The van der Waals surface area contributed by atoms with Crippen LogP contribution in [0.25, 0.3) is 0 Å². The lowest BCUT2D eigenvalue weighted by molar-refractivity contribution is 0.0696. The van der Waals surface area contributed by atoms with E-state index in [0.29, 0.717) is 25.7 Å². The third-order valence-corrected chi connectivity index (χ3v) is 5.59. The number of anilines is 1. The van der Waals surface area contributed by atoms with E-state index in [2.05, 4.69) is 0 Å². The number of nitriles is 1. The van der Waals surface area contributed by atoms with E-state index in [4.69, 9.17) is 10.4 Å². The zero-order chi connectivity index (χ0) is 17.9. The van der Waals surface area contributed by atoms with Crippen molar-refractivity contribution in [2.24, 2.45) is 0 Å². The number of unbranched alkanes of at least 4 members (excludes halogenated alkanes) is 3. The molecule has 1 aliphatic heterocycles. The van der Waals surface area contributed by atoms with E-state index in [9.17, 15) is 18.0 Å². The van der Waals surface area contributed by atoms with Crippen LogP contribution in [0, 0.1) is 11.3 Å². The van der Waals surface area contributed by atoms with Gasteiger partial charge in [-0.25, -0.2) is 22.3 Å². The fourth-order valence-electron chi connectivity index (χ4n) is 2.47. The summed E-state index contributed by atoms with van der Waals surface area (Å²) in [5, 5.41) is 17.5. The molecule has 0 fully saturated rings. The molecule has 128 valence electrons. The Morgan fingerprint density at radius 2 is 2.00 bits per heavy atom. The minimum absolute atomic E-state index is 0.00628. The number of carboxylic acid groups (broad SMARTS) is 1. The number of nitrogens with zero attached hydrogens (tertiary/aromatic N) is 3. The number of benzene rings is 1. The number of urea groups is 1. The lowest BCUT2D eigenvalue weighted by Gasteiger charge is -2.34. The normalized spacial score (nSPS) is 15.8. The number of sulfonamides is 1. The molecule has 2 amide bonds. The third-order valence-electron chi connectivity index (χ3n) is 3.79. The van der Waals surface area contributed by atoms with Gasteiger partial charge in [-0.2, -0.15) is 5.26 Å². The summed E-state index contributed by atoms with van der Waals surface area (Å²) < 4.78 is 26.1. The van der Waals surface area contributed by atoms with Crippen molar-refractivity contribution in [1.82, 2.24) is 4.31 Å². The summed E-state index contributed by atoms with van der Waals surface area (Å²) in [5.74, 6) is -1.24. The lowest BCUT2D eigenvalue weighted by atomic mass is 10.2. The lowest BCUT2D eigenvalue weighted by Crippen LogP contribution is -2.49. The molecule has 9 heteroatoms. The van der Waals surface area contributed by atoms with E-state index in [1.165, 1.54) is 24.1 Å². The Morgan fingerprint density at radius 3 is 2.62 bits per heavy atom. The number of hydrogen-bond acceptors (Lipinski definition) is 5. The maximum atomic E-state index is 12.7. The number of hydrogen-bond donors (Lipinski definition) is 1. The second kappa shape index (κ2) is 6.88. The zero-order valence-electron chi connectivity index (χ0n) is 13.1. The highest BCUT2D eigenvalue weighted by Crippen LogP contribution is 2.34. The number of fused-ring (bicyclic) bond motifs is 1. The number of aromatic carboxylic acids is 1. The minimum atomic E-state index is -4.10. The number of carbonyl (C=O) groups is 2. The largest absolute Gasteiger partial charge is 0.478 e. The van der Waals surface area contributed by atoms with Gasteiger partial charge in [-0.15, -0.1) is 0 Å². The maximum Gasteiger partial charge on any atom is 0.338 e. The van der Waals surface area contributed by atoms with Crippen molar-refractivity contribution in [2.45, 2.75) is 30.6 Å². The molecular formula is C15H17N3O5S. The molecule has 0 radical (unpaired) electrons. The Bertz CT molecular complexity index is 813. The fourth-order valence-corrected chi connectivity index (χ4v) is 4.15. The average molecular weight is 351 g/mol. The second-order valence-electron chi connectivity index (χ2n) is 5.38. The Hall–Kier alpha value is -2.60.